The molecule has 2 aromatic rings. The van der Waals surface area contributed by atoms with Gasteiger partial charge in [-0.2, -0.15) is 0 Å². The molecule has 0 fully saturated rings. The molecule has 1 aromatic heterocycles. The Morgan fingerprint density at radius 3 is 2.70 bits per heavy atom. The lowest BCUT2D eigenvalue weighted by Gasteiger charge is -2.13. The zero-order valence-corrected chi connectivity index (χ0v) is 12.0. The van der Waals surface area contributed by atoms with Gasteiger partial charge in [0.1, 0.15) is 17.3 Å². The smallest absolute Gasteiger partial charge is 0.225 e. The Bertz CT molecular complexity index is 589. The lowest BCUT2D eigenvalue weighted by molar-refractivity contribution is -0.121. The van der Waals surface area contributed by atoms with Gasteiger partial charge < -0.3 is 14.5 Å². The van der Waals surface area contributed by atoms with Crippen LogP contribution >= 0.6 is 0 Å². The molecule has 0 radical (unpaired) electrons. The zero-order chi connectivity index (χ0) is 14.5. The summed E-state index contributed by atoms with van der Waals surface area (Å²) in [6, 6.07) is 11.1. The number of ether oxygens (including phenoxy) is 1. The average molecular weight is 273 g/mol. The molecular formula is C16H19NO3. The molecule has 2 rings (SSSR count). The Balaban J connectivity index is 1.98. The third-order valence-corrected chi connectivity index (χ3v) is 3.11. The molecule has 0 aliphatic heterocycles. The van der Waals surface area contributed by atoms with E-state index in [4.69, 9.17) is 9.15 Å². The molecule has 1 N–H and O–H groups in total. The van der Waals surface area contributed by atoms with E-state index in [-0.39, 0.29) is 18.4 Å². The van der Waals surface area contributed by atoms with Crippen LogP contribution < -0.4 is 10.1 Å². The van der Waals surface area contributed by atoms with E-state index in [2.05, 4.69) is 5.32 Å². The van der Waals surface area contributed by atoms with Crippen LogP contribution in [0, 0.1) is 6.92 Å². The quantitative estimate of drug-likeness (QED) is 0.911. The number of carbonyl (C=O) groups is 1. The minimum absolute atomic E-state index is 0.0592. The molecule has 4 nitrogen and oxygen atoms in total. The Kier molecular flexibility index (Phi) is 4.45. The van der Waals surface area contributed by atoms with Gasteiger partial charge in [-0.1, -0.05) is 18.2 Å². The van der Waals surface area contributed by atoms with E-state index < -0.39 is 0 Å². The molecule has 1 atom stereocenters. The van der Waals surface area contributed by atoms with Gasteiger partial charge in [-0.3, -0.25) is 4.79 Å². The molecule has 1 amide bonds. The van der Waals surface area contributed by atoms with Crippen molar-refractivity contribution < 1.29 is 13.9 Å². The van der Waals surface area contributed by atoms with Crippen molar-refractivity contribution in [2.24, 2.45) is 0 Å². The fraction of sp³-hybridized carbons (Fsp3) is 0.312. The highest BCUT2D eigenvalue weighted by Gasteiger charge is 2.14. The maximum Gasteiger partial charge on any atom is 0.225 e. The van der Waals surface area contributed by atoms with Crippen LogP contribution in [0.15, 0.2) is 40.8 Å². The van der Waals surface area contributed by atoms with Crippen molar-refractivity contribution in [1.29, 1.82) is 0 Å². The number of hydrogen-bond donors (Lipinski definition) is 1. The highest BCUT2D eigenvalue weighted by molar-refractivity contribution is 5.79. The monoisotopic (exact) mass is 273 g/mol. The first-order valence-corrected chi connectivity index (χ1v) is 6.57. The topological polar surface area (TPSA) is 51.5 Å². The van der Waals surface area contributed by atoms with Gasteiger partial charge in [0.25, 0.3) is 0 Å². The number of para-hydroxylation sites is 1. The fourth-order valence-electron chi connectivity index (χ4n) is 2.07. The molecule has 106 valence electrons. The van der Waals surface area contributed by atoms with E-state index >= 15 is 0 Å². The highest BCUT2D eigenvalue weighted by Crippen LogP contribution is 2.19. The van der Waals surface area contributed by atoms with E-state index in [0.29, 0.717) is 0 Å². The van der Waals surface area contributed by atoms with E-state index in [1.165, 1.54) is 0 Å². The standard InChI is InChI=1S/C16H19NO3/c1-11-8-9-14(20-11)12(2)17-16(18)10-13-6-4-5-7-15(13)19-3/h4-9,12H,10H2,1-3H3,(H,17,18). The van der Waals surface area contributed by atoms with Crippen LogP contribution in [0.1, 0.15) is 30.0 Å². The summed E-state index contributed by atoms with van der Waals surface area (Å²) in [7, 11) is 1.60. The predicted molar refractivity (Wildman–Crippen MR) is 76.7 cm³/mol. The van der Waals surface area contributed by atoms with Gasteiger partial charge in [0.05, 0.1) is 19.6 Å². The molecule has 0 aliphatic carbocycles. The van der Waals surface area contributed by atoms with Crippen LogP contribution in [0.4, 0.5) is 0 Å². The highest BCUT2D eigenvalue weighted by atomic mass is 16.5. The number of furan rings is 1. The number of hydrogen-bond acceptors (Lipinski definition) is 3. The van der Waals surface area contributed by atoms with E-state index in [1.54, 1.807) is 7.11 Å². The van der Waals surface area contributed by atoms with Crippen LogP contribution in [0.2, 0.25) is 0 Å². The average Bonchev–Trinajstić information content (AvgIpc) is 2.86. The van der Waals surface area contributed by atoms with Gasteiger partial charge in [0.15, 0.2) is 0 Å². The summed E-state index contributed by atoms with van der Waals surface area (Å²) in [5.74, 6) is 2.27. The van der Waals surface area contributed by atoms with Gasteiger partial charge in [0, 0.05) is 5.56 Å². The van der Waals surface area contributed by atoms with Crippen LogP contribution in [0.3, 0.4) is 0 Å². The summed E-state index contributed by atoms with van der Waals surface area (Å²) in [5.41, 5.74) is 0.871. The minimum Gasteiger partial charge on any atom is -0.496 e. The number of methoxy groups -OCH3 is 1. The van der Waals surface area contributed by atoms with Gasteiger partial charge in [-0.05, 0) is 32.0 Å². The number of nitrogens with one attached hydrogen (secondary N) is 1. The molecule has 20 heavy (non-hydrogen) atoms. The molecule has 1 heterocycles. The molecular weight excluding hydrogens is 254 g/mol. The second-order valence-corrected chi connectivity index (χ2v) is 4.73. The maximum absolute atomic E-state index is 12.1. The van der Waals surface area contributed by atoms with Crippen molar-refractivity contribution in [1.82, 2.24) is 5.32 Å². The molecule has 0 aliphatic rings. The molecule has 0 saturated carbocycles. The number of aryl methyl sites for hydroxylation is 1. The first-order valence-electron chi connectivity index (χ1n) is 6.57. The lowest BCUT2D eigenvalue weighted by Crippen LogP contribution is -2.28. The summed E-state index contributed by atoms with van der Waals surface area (Å²) in [4.78, 5) is 12.1. The number of carbonyl (C=O) groups excluding carboxylic acids is 1. The van der Waals surface area contributed by atoms with E-state index in [1.807, 2.05) is 50.2 Å². The van der Waals surface area contributed by atoms with Crippen LogP contribution in [-0.4, -0.2) is 13.0 Å². The zero-order valence-electron chi connectivity index (χ0n) is 12.0. The third-order valence-electron chi connectivity index (χ3n) is 3.11. The van der Waals surface area contributed by atoms with Crippen LogP contribution in [0.25, 0.3) is 0 Å². The summed E-state index contributed by atoms with van der Waals surface area (Å²) in [6.45, 7) is 3.78. The molecule has 0 spiro atoms. The van der Waals surface area contributed by atoms with Crippen molar-refractivity contribution in [3.8, 4) is 5.75 Å². The third kappa shape index (κ3) is 3.41. The molecule has 0 bridgehead atoms. The van der Waals surface area contributed by atoms with Crippen molar-refractivity contribution in [3.05, 3.63) is 53.5 Å². The molecule has 0 saturated heterocycles. The largest absolute Gasteiger partial charge is 0.496 e. The van der Waals surface area contributed by atoms with Crippen LogP contribution in [0.5, 0.6) is 5.75 Å². The number of rotatable bonds is 5. The molecule has 1 aromatic carbocycles. The van der Waals surface area contributed by atoms with Gasteiger partial charge in [-0.25, -0.2) is 0 Å². The van der Waals surface area contributed by atoms with Gasteiger partial charge in [0.2, 0.25) is 5.91 Å². The minimum atomic E-state index is -0.147. The van der Waals surface area contributed by atoms with Crippen LogP contribution in [-0.2, 0) is 11.2 Å². The Hall–Kier alpha value is -2.23. The Morgan fingerprint density at radius 2 is 2.05 bits per heavy atom. The summed E-state index contributed by atoms with van der Waals surface area (Å²) < 4.78 is 10.7. The summed E-state index contributed by atoms with van der Waals surface area (Å²) >= 11 is 0. The summed E-state index contributed by atoms with van der Waals surface area (Å²) in [5, 5.41) is 2.92. The fourth-order valence-corrected chi connectivity index (χ4v) is 2.07. The second kappa shape index (κ2) is 6.28. The lowest BCUT2D eigenvalue weighted by atomic mass is 10.1. The van der Waals surface area contributed by atoms with Crippen molar-refractivity contribution in [2.75, 3.05) is 7.11 Å². The first-order chi connectivity index (χ1) is 9.60. The molecule has 4 heteroatoms. The SMILES string of the molecule is COc1ccccc1CC(=O)NC(C)c1ccc(C)o1. The molecule has 1 unspecified atom stereocenters. The number of benzene rings is 1. The van der Waals surface area contributed by atoms with Crippen molar-refractivity contribution in [3.63, 3.8) is 0 Å². The van der Waals surface area contributed by atoms with Gasteiger partial charge in [-0.15, -0.1) is 0 Å². The van der Waals surface area contributed by atoms with E-state index in [9.17, 15) is 4.79 Å². The summed E-state index contributed by atoms with van der Waals surface area (Å²) in [6.07, 6.45) is 0.286. The van der Waals surface area contributed by atoms with Crippen molar-refractivity contribution in [2.45, 2.75) is 26.3 Å². The van der Waals surface area contributed by atoms with Crippen molar-refractivity contribution >= 4 is 5.91 Å². The maximum atomic E-state index is 12.1. The Labute approximate surface area is 118 Å². The van der Waals surface area contributed by atoms with E-state index in [0.717, 1.165) is 22.8 Å². The second-order valence-electron chi connectivity index (χ2n) is 4.73. The predicted octanol–water partition coefficient (Wildman–Crippen LogP) is 3.02. The number of amides is 1. The van der Waals surface area contributed by atoms with Gasteiger partial charge >= 0.3 is 0 Å². The Morgan fingerprint density at radius 1 is 1.30 bits per heavy atom. The first kappa shape index (κ1) is 14.2. The normalized spacial score (nSPS) is 11.9.